The Morgan fingerprint density at radius 1 is 1.13 bits per heavy atom. The summed E-state index contributed by atoms with van der Waals surface area (Å²) in [5.41, 5.74) is 1.11. The summed E-state index contributed by atoms with van der Waals surface area (Å²) in [6.45, 7) is 0. The number of hydrogen-bond donors (Lipinski definition) is 0. The second-order valence-electron chi connectivity index (χ2n) is 3.05. The van der Waals surface area contributed by atoms with E-state index in [9.17, 15) is 4.79 Å². The van der Waals surface area contributed by atoms with Crippen molar-refractivity contribution in [3.8, 4) is 16.2 Å². The SMILES string of the molecule is COc1ccc(-c2ccc(C=O)s2)cc1. The van der Waals surface area contributed by atoms with Crippen LogP contribution in [0.5, 0.6) is 5.75 Å². The fourth-order valence-corrected chi connectivity index (χ4v) is 2.15. The Morgan fingerprint density at radius 2 is 1.87 bits per heavy atom. The Kier molecular flexibility index (Phi) is 2.83. The molecular formula is C12H10O2S. The summed E-state index contributed by atoms with van der Waals surface area (Å²) in [4.78, 5) is 12.4. The number of carbonyl (C=O) groups excluding carboxylic acids is 1. The van der Waals surface area contributed by atoms with Gasteiger partial charge < -0.3 is 4.74 Å². The minimum absolute atomic E-state index is 0.751. The first-order chi connectivity index (χ1) is 7.33. The van der Waals surface area contributed by atoms with E-state index in [1.807, 2.05) is 36.4 Å². The molecule has 15 heavy (non-hydrogen) atoms. The Morgan fingerprint density at radius 3 is 2.40 bits per heavy atom. The van der Waals surface area contributed by atoms with Crippen molar-refractivity contribution < 1.29 is 9.53 Å². The lowest BCUT2D eigenvalue weighted by atomic mass is 10.2. The van der Waals surface area contributed by atoms with Gasteiger partial charge in [0.05, 0.1) is 12.0 Å². The van der Waals surface area contributed by atoms with E-state index in [0.29, 0.717) is 0 Å². The van der Waals surface area contributed by atoms with Crippen LogP contribution in [0.15, 0.2) is 36.4 Å². The summed E-state index contributed by atoms with van der Waals surface area (Å²) in [6, 6.07) is 11.6. The smallest absolute Gasteiger partial charge is 0.160 e. The van der Waals surface area contributed by atoms with E-state index in [1.54, 1.807) is 7.11 Å². The summed E-state index contributed by atoms with van der Waals surface area (Å²) >= 11 is 1.49. The van der Waals surface area contributed by atoms with Crippen LogP contribution in [0.4, 0.5) is 0 Å². The molecule has 2 rings (SSSR count). The maximum Gasteiger partial charge on any atom is 0.160 e. The number of benzene rings is 1. The van der Waals surface area contributed by atoms with Crippen LogP contribution in [-0.4, -0.2) is 13.4 Å². The van der Waals surface area contributed by atoms with Gasteiger partial charge in [0.25, 0.3) is 0 Å². The molecule has 1 heterocycles. The normalized spacial score (nSPS) is 9.93. The van der Waals surface area contributed by atoms with E-state index in [-0.39, 0.29) is 0 Å². The molecule has 0 saturated heterocycles. The Balaban J connectivity index is 2.32. The van der Waals surface area contributed by atoms with Crippen LogP contribution in [0.3, 0.4) is 0 Å². The summed E-state index contributed by atoms with van der Waals surface area (Å²) in [7, 11) is 1.64. The Labute approximate surface area is 92.1 Å². The first kappa shape index (κ1) is 9.93. The molecular weight excluding hydrogens is 208 g/mol. The van der Waals surface area contributed by atoms with Crippen molar-refractivity contribution in [2.45, 2.75) is 0 Å². The van der Waals surface area contributed by atoms with E-state index >= 15 is 0 Å². The quantitative estimate of drug-likeness (QED) is 0.739. The van der Waals surface area contributed by atoms with Gasteiger partial charge in [0.2, 0.25) is 0 Å². The van der Waals surface area contributed by atoms with Crippen molar-refractivity contribution in [1.29, 1.82) is 0 Å². The van der Waals surface area contributed by atoms with Crippen molar-refractivity contribution in [2.24, 2.45) is 0 Å². The predicted molar refractivity (Wildman–Crippen MR) is 61.7 cm³/mol. The van der Waals surface area contributed by atoms with Crippen LogP contribution < -0.4 is 4.74 Å². The molecule has 0 unspecified atom stereocenters. The molecule has 0 N–H and O–H groups in total. The fourth-order valence-electron chi connectivity index (χ4n) is 1.33. The molecule has 0 spiro atoms. The van der Waals surface area contributed by atoms with Crippen LogP contribution >= 0.6 is 11.3 Å². The molecule has 0 aliphatic heterocycles. The molecule has 0 fully saturated rings. The van der Waals surface area contributed by atoms with E-state index in [0.717, 1.165) is 27.4 Å². The molecule has 2 nitrogen and oxygen atoms in total. The van der Waals surface area contributed by atoms with Gasteiger partial charge in [0.1, 0.15) is 5.75 Å². The van der Waals surface area contributed by atoms with Gasteiger partial charge >= 0.3 is 0 Å². The van der Waals surface area contributed by atoms with Crippen molar-refractivity contribution in [1.82, 2.24) is 0 Å². The Hall–Kier alpha value is -1.61. The first-order valence-electron chi connectivity index (χ1n) is 4.53. The highest BCUT2D eigenvalue weighted by atomic mass is 32.1. The molecule has 0 atom stereocenters. The van der Waals surface area contributed by atoms with Gasteiger partial charge in [-0.05, 0) is 42.0 Å². The molecule has 76 valence electrons. The summed E-state index contributed by atoms with van der Waals surface area (Å²) in [6.07, 6.45) is 0.873. The van der Waals surface area contributed by atoms with Gasteiger partial charge in [-0.25, -0.2) is 0 Å². The van der Waals surface area contributed by atoms with Crippen molar-refractivity contribution in [3.05, 3.63) is 41.3 Å². The second kappa shape index (κ2) is 4.28. The minimum Gasteiger partial charge on any atom is -0.497 e. The van der Waals surface area contributed by atoms with Gasteiger partial charge in [-0.15, -0.1) is 11.3 Å². The number of thiophene rings is 1. The van der Waals surface area contributed by atoms with Gasteiger partial charge in [-0.2, -0.15) is 0 Å². The lowest BCUT2D eigenvalue weighted by molar-refractivity contribution is 0.112. The third-order valence-corrected chi connectivity index (χ3v) is 3.18. The van der Waals surface area contributed by atoms with E-state index in [4.69, 9.17) is 4.74 Å². The maximum absolute atomic E-state index is 10.5. The molecule has 2 aromatic rings. The number of ether oxygens (including phenoxy) is 1. The monoisotopic (exact) mass is 218 g/mol. The van der Waals surface area contributed by atoms with Crippen molar-refractivity contribution >= 4 is 17.6 Å². The molecule has 0 saturated carbocycles. The van der Waals surface area contributed by atoms with Crippen LogP contribution in [-0.2, 0) is 0 Å². The molecule has 0 radical (unpaired) electrons. The average molecular weight is 218 g/mol. The van der Waals surface area contributed by atoms with Gasteiger partial charge in [-0.3, -0.25) is 4.79 Å². The van der Waals surface area contributed by atoms with E-state index < -0.39 is 0 Å². The number of carbonyl (C=O) groups is 1. The number of rotatable bonds is 3. The van der Waals surface area contributed by atoms with Crippen molar-refractivity contribution in [2.75, 3.05) is 7.11 Å². The zero-order chi connectivity index (χ0) is 10.7. The van der Waals surface area contributed by atoms with E-state index in [1.165, 1.54) is 11.3 Å². The third kappa shape index (κ3) is 2.07. The van der Waals surface area contributed by atoms with Gasteiger partial charge in [0.15, 0.2) is 6.29 Å². The average Bonchev–Trinajstić information content (AvgIpc) is 2.78. The fraction of sp³-hybridized carbons (Fsp3) is 0.0833. The zero-order valence-electron chi connectivity index (χ0n) is 8.27. The number of aldehydes is 1. The first-order valence-corrected chi connectivity index (χ1v) is 5.34. The largest absolute Gasteiger partial charge is 0.497 e. The van der Waals surface area contributed by atoms with Crippen LogP contribution in [0.1, 0.15) is 9.67 Å². The Bertz CT molecular complexity index is 457. The minimum atomic E-state index is 0.751. The number of methoxy groups -OCH3 is 1. The van der Waals surface area contributed by atoms with Crippen LogP contribution in [0.25, 0.3) is 10.4 Å². The summed E-state index contributed by atoms with van der Waals surface area (Å²) in [5.74, 6) is 0.839. The second-order valence-corrected chi connectivity index (χ2v) is 4.16. The van der Waals surface area contributed by atoms with Gasteiger partial charge in [-0.1, -0.05) is 0 Å². The maximum atomic E-state index is 10.5. The molecule has 0 aliphatic carbocycles. The van der Waals surface area contributed by atoms with E-state index in [2.05, 4.69) is 0 Å². The highest BCUT2D eigenvalue weighted by Crippen LogP contribution is 2.28. The highest BCUT2D eigenvalue weighted by molar-refractivity contribution is 7.17. The van der Waals surface area contributed by atoms with Crippen LogP contribution in [0, 0.1) is 0 Å². The lowest BCUT2D eigenvalue weighted by Gasteiger charge is -2.00. The molecule has 0 aliphatic rings. The van der Waals surface area contributed by atoms with Crippen molar-refractivity contribution in [3.63, 3.8) is 0 Å². The summed E-state index contributed by atoms with van der Waals surface area (Å²) < 4.78 is 5.08. The standard InChI is InChI=1S/C12H10O2S/c1-14-10-4-2-9(3-5-10)12-7-6-11(8-13)15-12/h2-8H,1H3. The molecule has 3 heteroatoms. The predicted octanol–water partition coefficient (Wildman–Crippen LogP) is 3.24. The molecule has 1 aromatic carbocycles. The molecule has 0 amide bonds. The molecule has 1 aromatic heterocycles. The molecule has 0 bridgehead atoms. The third-order valence-electron chi connectivity index (χ3n) is 2.12. The van der Waals surface area contributed by atoms with Gasteiger partial charge in [0, 0.05) is 4.88 Å². The summed E-state index contributed by atoms with van der Waals surface area (Å²) in [5, 5.41) is 0. The lowest BCUT2D eigenvalue weighted by Crippen LogP contribution is -1.81. The topological polar surface area (TPSA) is 26.3 Å². The van der Waals surface area contributed by atoms with Crippen LogP contribution in [0.2, 0.25) is 0 Å². The number of hydrogen-bond acceptors (Lipinski definition) is 3. The highest BCUT2D eigenvalue weighted by Gasteiger charge is 2.02. The zero-order valence-corrected chi connectivity index (χ0v) is 9.08.